The fraction of sp³-hybridized carbons (Fsp3) is 0.177. The first kappa shape index (κ1) is 72.9. The maximum atomic E-state index is 13.4. The summed E-state index contributed by atoms with van der Waals surface area (Å²) in [5.41, 5.74) is 2.49. The average Bonchev–Trinajstić information content (AvgIpc) is 1.61. The number of carbonyl (C=O) groups excluding carboxylic acids is 4. The van der Waals surface area contributed by atoms with Gasteiger partial charge in [-0.25, -0.2) is 4.85 Å². The van der Waals surface area contributed by atoms with Crippen LogP contribution in [0.5, 0.6) is 0 Å². The second-order valence-electron chi connectivity index (χ2n) is 19.7. The number of nitrogens with zero attached hydrogens (tertiary/aromatic N) is 11. The predicted octanol–water partition coefficient (Wildman–Crippen LogP) is 13.4. The predicted molar refractivity (Wildman–Crippen MR) is 367 cm³/mol. The van der Waals surface area contributed by atoms with E-state index in [1.54, 1.807) is 103 Å². The number of aromatic nitrogens is 3. The van der Waals surface area contributed by atoms with Crippen LogP contribution in [0.1, 0.15) is 62.4 Å². The zero-order valence-corrected chi connectivity index (χ0v) is 56.5. The highest BCUT2D eigenvalue weighted by atomic mass is 32.2. The number of nitriles is 1. The van der Waals surface area contributed by atoms with Crippen molar-refractivity contribution in [3.63, 3.8) is 0 Å². The van der Waals surface area contributed by atoms with Crippen LogP contribution in [0.4, 0.5) is 73.1 Å². The van der Waals surface area contributed by atoms with Gasteiger partial charge in [0.25, 0.3) is 32.1 Å². The fourth-order valence-corrected chi connectivity index (χ4v) is 13.2. The summed E-state index contributed by atoms with van der Waals surface area (Å²) >= 11 is 2.68. The van der Waals surface area contributed by atoms with E-state index in [1.807, 2.05) is 38.7 Å². The molecule has 8 rings (SSSR count). The number of hydrogen-bond donors (Lipinski definition) is 6. The molecule has 0 saturated heterocycles. The van der Waals surface area contributed by atoms with Gasteiger partial charge in [0.15, 0.2) is 21.7 Å². The Morgan fingerprint density at radius 1 is 0.646 bits per heavy atom. The standard InChI is InChI=1S/C62H57N15O10S5.O3S/c1-8-76(9-2)42-25-27-49(72-74-58-48(35-63)55(92(85,86)87)54(90-58)34-47(38(6)79)57(81)66-41-22-16-13-17-23-41)51(30-42)67-60-69-61(71-62(70-60)88-36-39-19-18-24-45(29-39)91(82,83)84)68-52-31-43(77(10-3)11-4)26-28-50(52)73-75-59-53(64-7)33-44(89-59)32-46(37(5)78)56(80)65-40-20-14-12-15-21-40;1-4(2)3/h12-34H,8-11,36H2,1-6H3,(H,65,80)(H,66,81)(H,82,83,84)(H,85,86,87)(H2,67,68,69,70,71);/b46-32+,47-34-,74-72?,75-73?;. The van der Waals surface area contributed by atoms with Gasteiger partial charge in [0.05, 0.1) is 38.9 Å². The molecule has 28 nitrogen and oxygen atoms in total. The van der Waals surface area contributed by atoms with E-state index in [0.29, 0.717) is 70.7 Å². The minimum Gasteiger partial charge on any atom is -0.372 e. The maximum Gasteiger partial charge on any atom is 0.425 e. The molecule has 0 saturated carbocycles. The number of thiophene rings is 2. The molecule has 0 spiro atoms. The van der Waals surface area contributed by atoms with Crippen LogP contribution in [-0.2, 0) is 55.8 Å². The van der Waals surface area contributed by atoms with Gasteiger partial charge in [-0.3, -0.25) is 28.3 Å². The first-order valence-corrected chi connectivity index (χ1v) is 34.9. The van der Waals surface area contributed by atoms with Gasteiger partial charge in [0.1, 0.15) is 32.9 Å². The van der Waals surface area contributed by atoms with Gasteiger partial charge in [0, 0.05) is 59.6 Å². The Morgan fingerprint density at radius 2 is 1.14 bits per heavy atom. The number of benzene rings is 5. The Labute approximate surface area is 565 Å². The van der Waals surface area contributed by atoms with Crippen LogP contribution in [0.3, 0.4) is 0 Å². The highest BCUT2D eigenvalue weighted by molar-refractivity contribution is 7.98. The van der Waals surface area contributed by atoms with Crippen molar-refractivity contribution < 1.29 is 57.7 Å². The minimum atomic E-state index is -5.21. The summed E-state index contributed by atoms with van der Waals surface area (Å²) in [5.74, 6) is -2.85. The second kappa shape index (κ2) is 33.5. The number of para-hydroxylation sites is 2. The SMILES string of the molecule is O=S(=O)=O.[C-]#[N+]c1cc(/C=C(\C(C)=O)C(=O)Nc2ccccc2)sc1N=Nc1ccc(N(CC)CC)cc1Nc1nc(Nc2cc(N(CC)CC)ccc2N=Nc2sc(/C=C(/C(C)=O)C(=O)Nc3ccccc3)c(S(=O)(=O)O)c2C#N)nc(SCc2cccc(S(=O)(=O)O)c2)n1. The molecule has 0 fully saturated rings. The molecule has 0 atom stereocenters. The number of nitrogens with one attached hydrogen (secondary N) is 4. The summed E-state index contributed by atoms with van der Waals surface area (Å²) in [5, 5.41) is 40.0. The van der Waals surface area contributed by atoms with E-state index in [4.69, 9.17) is 34.2 Å². The Kier molecular flexibility index (Phi) is 25.4. The highest BCUT2D eigenvalue weighted by Gasteiger charge is 2.29. The first-order chi connectivity index (χ1) is 45.7. The zero-order valence-electron chi connectivity index (χ0n) is 51.6. The van der Waals surface area contributed by atoms with Crippen molar-refractivity contribution in [2.45, 2.75) is 62.2 Å². The summed E-state index contributed by atoms with van der Waals surface area (Å²) in [4.78, 5) is 73.3. The largest absolute Gasteiger partial charge is 0.425 e. The number of Topliss-reactive ketones (excluding diaryl/α,β-unsaturated/α-hetero) is 2. The van der Waals surface area contributed by atoms with Gasteiger partial charge in [-0.2, -0.15) is 42.2 Å². The molecule has 5 aromatic carbocycles. The van der Waals surface area contributed by atoms with Crippen LogP contribution in [-0.4, -0.2) is 103 Å². The molecule has 3 aromatic heterocycles. The molecule has 6 N–H and O–H groups in total. The third-order valence-electron chi connectivity index (χ3n) is 13.3. The molecule has 96 heavy (non-hydrogen) atoms. The van der Waals surface area contributed by atoms with Crippen molar-refractivity contribution in [1.29, 1.82) is 5.26 Å². The molecule has 0 bridgehead atoms. The molecule has 8 aromatic rings. The topological polar surface area (TPSA) is 399 Å². The monoisotopic (exact) mass is 1410 g/mol. The van der Waals surface area contributed by atoms with E-state index in [-0.39, 0.29) is 70.9 Å². The van der Waals surface area contributed by atoms with Crippen LogP contribution in [0.25, 0.3) is 17.0 Å². The Hall–Kier alpha value is -10.6. The first-order valence-electron chi connectivity index (χ1n) is 28.4. The molecular weight excluding hydrogens is 1360 g/mol. The zero-order chi connectivity index (χ0) is 69.9. The number of azo groups is 2. The average molecular weight is 1410 g/mol. The van der Waals surface area contributed by atoms with Gasteiger partial charge >= 0.3 is 10.6 Å². The van der Waals surface area contributed by atoms with Crippen molar-refractivity contribution >= 4 is 174 Å². The molecule has 494 valence electrons. The smallest absolute Gasteiger partial charge is 0.372 e. The van der Waals surface area contributed by atoms with E-state index in [1.165, 1.54) is 37.3 Å². The van der Waals surface area contributed by atoms with Crippen molar-refractivity contribution in [3.05, 3.63) is 171 Å². The van der Waals surface area contributed by atoms with E-state index in [9.17, 15) is 50.4 Å². The summed E-state index contributed by atoms with van der Waals surface area (Å²) in [6, 6.07) is 36.1. The van der Waals surface area contributed by atoms with E-state index in [0.717, 1.165) is 41.8 Å². The van der Waals surface area contributed by atoms with E-state index in [2.05, 4.69) is 51.5 Å². The van der Waals surface area contributed by atoms with Crippen molar-refractivity contribution in [2.75, 3.05) is 57.2 Å². The molecule has 0 unspecified atom stereocenters. The van der Waals surface area contributed by atoms with Crippen molar-refractivity contribution in [2.24, 2.45) is 20.5 Å². The lowest BCUT2D eigenvalue weighted by Gasteiger charge is -2.22. The van der Waals surface area contributed by atoms with Crippen LogP contribution in [0.15, 0.2) is 174 Å². The molecule has 0 aliphatic carbocycles. The summed E-state index contributed by atoms with van der Waals surface area (Å²) in [6.45, 7) is 20.6. The van der Waals surface area contributed by atoms with E-state index >= 15 is 0 Å². The number of hydrogen-bond acceptors (Lipinski definition) is 26. The molecule has 0 radical (unpaired) electrons. The van der Waals surface area contributed by atoms with E-state index < -0.39 is 70.3 Å². The van der Waals surface area contributed by atoms with Crippen molar-refractivity contribution in [1.82, 2.24) is 15.0 Å². The quantitative estimate of drug-likeness (QED) is 0.00529. The molecule has 0 aliphatic heterocycles. The van der Waals surface area contributed by atoms with Gasteiger partial charge in [-0.05, 0) is 138 Å². The molecular formula is C62H57N15O13S6. The number of anilines is 8. The number of thioether (sulfide) groups is 1. The lowest BCUT2D eigenvalue weighted by Crippen LogP contribution is -2.21. The lowest BCUT2D eigenvalue weighted by molar-refractivity contribution is -0.120. The Morgan fingerprint density at radius 3 is 1.58 bits per heavy atom. The Bertz CT molecular complexity index is 4830. The number of ketones is 2. The van der Waals surface area contributed by atoms with Crippen LogP contribution < -0.4 is 31.1 Å². The van der Waals surface area contributed by atoms with Gasteiger partial charge < -0.3 is 31.1 Å². The second-order valence-corrected chi connectivity index (χ2v) is 25.9. The fourth-order valence-electron chi connectivity index (χ4n) is 8.83. The van der Waals surface area contributed by atoms with Crippen LogP contribution >= 0.6 is 34.4 Å². The molecule has 2 amide bonds. The minimum absolute atomic E-state index is 0.0539. The van der Waals surface area contributed by atoms with Crippen molar-refractivity contribution in [3.8, 4) is 6.07 Å². The summed E-state index contributed by atoms with van der Waals surface area (Å²) < 4.78 is 96.1. The highest BCUT2D eigenvalue weighted by Crippen LogP contribution is 2.44. The summed E-state index contributed by atoms with van der Waals surface area (Å²) in [7, 11) is -12.9. The van der Waals surface area contributed by atoms with Crippen LogP contribution in [0, 0.1) is 17.9 Å². The normalized spacial score (nSPS) is 11.6. The number of carbonyl (C=O) groups is 4. The van der Waals surface area contributed by atoms with Crippen LogP contribution in [0.2, 0.25) is 0 Å². The molecule has 3 heterocycles. The molecule has 34 heteroatoms. The lowest BCUT2D eigenvalue weighted by atomic mass is 10.1. The van der Waals surface area contributed by atoms with Gasteiger partial charge in [0.2, 0.25) is 17.6 Å². The maximum absolute atomic E-state index is 13.4. The Balaban J connectivity index is 0.00000316. The third-order valence-corrected chi connectivity index (χ3v) is 18.1. The number of rotatable bonds is 27. The van der Waals surface area contributed by atoms with Gasteiger partial charge in [-0.15, -0.1) is 50.6 Å². The third kappa shape index (κ3) is 20.0. The summed E-state index contributed by atoms with van der Waals surface area (Å²) in [6.07, 6.45) is 2.34. The number of amides is 2. The molecule has 0 aliphatic rings. The van der Waals surface area contributed by atoms with Gasteiger partial charge in [-0.1, -0.05) is 60.3 Å².